The minimum Gasteiger partial charge on any atom is -0.491 e. The molecule has 1 N–H and O–H groups in total. The molecular weight excluding hydrogens is 328 g/mol. The molecule has 2 aromatic rings. The average molecular weight is 352 g/mol. The monoisotopic (exact) mass is 352 g/mol. The quantitative estimate of drug-likeness (QED) is 0.790. The van der Waals surface area contributed by atoms with E-state index in [9.17, 15) is 4.79 Å². The number of hydrogen-bond donors (Lipinski definition) is 1. The number of carbonyl (C=O) groups excluding carboxylic acids is 1. The molecular formula is C21H24N2O3. The molecule has 1 amide bonds. The van der Waals surface area contributed by atoms with E-state index in [-0.39, 0.29) is 12.0 Å². The molecule has 0 aliphatic rings. The van der Waals surface area contributed by atoms with Crippen LogP contribution in [0.2, 0.25) is 0 Å². The molecule has 136 valence electrons. The van der Waals surface area contributed by atoms with Crippen LogP contribution in [0, 0.1) is 11.3 Å². The first-order chi connectivity index (χ1) is 12.5. The Labute approximate surface area is 154 Å². The first-order valence-electron chi connectivity index (χ1n) is 8.68. The SMILES string of the molecule is CC(C)Oc1ccc(CCNC(=O)C(C)Oc2ccc(C#N)cc2)cc1. The molecule has 26 heavy (non-hydrogen) atoms. The highest BCUT2D eigenvalue weighted by Crippen LogP contribution is 2.15. The van der Waals surface area contributed by atoms with Crippen molar-refractivity contribution in [2.75, 3.05) is 6.54 Å². The molecule has 5 nitrogen and oxygen atoms in total. The number of amides is 1. The third kappa shape index (κ3) is 6.14. The summed E-state index contributed by atoms with van der Waals surface area (Å²) in [4.78, 5) is 12.1. The Hall–Kier alpha value is -3.00. The van der Waals surface area contributed by atoms with Gasteiger partial charge in [-0.1, -0.05) is 12.1 Å². The standard InChI is InChI=1S/C21H24N2O3/c1-15(2)25-19-8-4-17(5-9-19)12-13-23-21(24)16(3)26-20-10-6-18(14-22)7-11-20/h4-11,15-16H,12-13H2,1-3H3,(H,23,24). The van der Waals surface area contributed by atoms with Crippen LogP contribution in [0.15, 0.2) is 48.5 Å². The van der Waals surface area contributed by atoms with Gasteiger partial charge in [0.2, 0.25) is 0 Å². The van der Waals surface area contributed by atoms with Gasteiger partial charge < -0.3 is 14.8 Å². The van der Waals surface area contributed by atoms with Gasteiger partial charge in [0.1, 0.15) is 11.5 Å². The Morgan fingerprint density at radius 2 is 1.58 bits per heavy atom. The van der Waals surface area contributed by atoms with E-state index in [0.29, 0.717) is 17.9 Å². The zero-order valence-electron chi connectivity index (χ0n) is 15.4. The summed E-state index contributed by atoms with van der Waals surface area (Å²) in [5, 5.41) is 11.7. The van der Waals surface area contributed by atoms with Crippen LogP contribution in [0.1, 0.15) is 31.9 Å². The fourth-order valence-corrected chi connectivity index (χ4v) is 2.35. The molecule has 2 aromatic carbocycles. The molecule has 0 bridgehead atoms. The van der Waals surface area contributed by atoms with Gasteiger partial charge in [-0.2, -0.15) is 5.26 Å². The van der Waals surface area contributed by atoms with Gasteiger partial charge in [-0.25, -0.2) is 0 Å². The van der Waals surface area contributed by atoms with Crippen LogP contribution in [0.5, 0.6) is 11.5 Å². The first-order valence-corrected chi connectivity index (χ1v) is 8.68. The second-order valence-corrected chi connectivity index (χ2v) is 6.25. The molecule has 0 saturated heterocycles. The van der Waals surface area contributed by atoms with E-state index in [0.717, 1.165) is 17.7 Å². The predicted molar refractivity (Wildman–Crippen MR) is 100 cm³/mol. The van der Waals surface area contributed by atoms with Crippen molar-refractivity contribution in [3.8, 4) is 17.6 Å². The average Bonchev–Trinajstić information content (AvgIpc) is 2.63. The maximum Gasteiger partial charge on any atom is 0.260 e. The Morgan fingerprint density at radius 1 is 1.00 bits per heavy atom. The number of hydrogen-bond acceptors (Lipinski definition) is 4. The van der Waals surface area contributed by atoms with Crippen molar-refractivity contribution in [3.05, 3.63) is 59.7 Å². The normalized spacial score (nSPS) is 11.5. The number of nitriles is 1. The molecule has 0 fully saturated rings. The van der Waals surface area contributed by atoms with Crippen molar-refractivity contribution >= 4 is 5.91 Å². The summed E-state index contributed by atoms with van der Waals surface area (Å²) in [5.74, 6) is 1.23. The van der Waals surface area contributed by atoms with Crippen molar-refractivity contribution in [3.63, 3.8) is 0 Å². The third-order valence-corrected chi connectivity index (χ3v) is 3.67. The van der Waals surface area contributed by atoms with Gasteiger partial charge in [0, 0.05) is 6.54 Å². The molecule has 0 aromatic heterocycles. The summed E-state index contributed by atoms with van der Waals surface area (Å²) >= 11 is 0. The van der Waals surface area contributed by atoms with Crippen molar-refractivity contribution in [1.82, 2.24) is 5.32 Å². The summed E-state index contributed by atoms with van der Waals surface area (Å²) in [6.07, 6.45) is 0.277. The minimum absolute atomic E-state index is 0.151. The fraction of sp³-hybridized carbons (Fsp3) is 0.333. The van der Waals surface area contributed by atoms with Crippen molar-refractivity contribution in [2.24, 2.45) is 0 Å². The molecule has 0 radical (unpaired) electrons. The summed E-state index contributed by atoms with van der Waals surface area (Å²) < 4.78 is 11.2. The summed E-state index contributed by atoms with van der Waals surface area (Å²) in [6, 6.07) is 16.6. The van der Waals surface area contributed by atoms with E-state index < -0.39 is 6.10 Å². The molecule has 1 unspecified atom stereocenters. The van der Waals surface area contributed by atoms with Crippen LogP contribution in [0.25, 0.3) is 0 Å². The highest BCUT2D eigenvalue weighted by atomic mass is 16.5. The number of ether oxygens (including phenoxy) is 2. The van der Waals surface area contributed by atoms with Crippen LogP contribution in [-0.4, -0.2) is 24.7 Å². The zero-order valence-corrected chi connectivity index (χ0v) is 15.4. The number of nitrogens with one attached hydrogen (secondary N) is 1. The van der Waals surface area contributed by atoms with Crippen LogP contribution in [-0.2, 0) is 11.2 Å². The number of carbonyl (C=O) groups is 1. The fourth-order valence-electron chi connectivity index (χ4n) is 2.35. The minimum atomic E-state index is -0.607. The summed E-state index contributed by atoms with van der Waals surface area (Å²) in [5.41, 5.74) is 1.68. The lowest BCUT2D eigenvalue weighted by Crippen LogP contribution is -2.37. The van der Waals surface area contributed by atoms with Gasteiger partial charge in [0.05, 0.1) is 17.7 Å². The molecule has 0 aliphatic carbocycles. The molecule has 5 heteroatoms. The topological polar surface area (TPSA) is 71.3 Å². The maximum atomic E-state index is 12.1. The number of nitrogens with zero attached hydrogens (tertiary/aromatic N) is 1. The number of benzene rings is 2. The smallest absolute Gasteiger partial charge is 0.260 e. The lowest BCUT2D eigenvalue weighted by molar-refractivity contribution is -0.127. The van der Waals surface area contributed by atoms with Crippen molar-refractivity contribution < 1.29 is 14.3 Å². The van der Waals surface area contributed by atoms with E-state index in [2.05, 4.69) is 5.32 Å². The summed E-state index contributed by atoms with van der Waals surface area (Å²) in [6.45, 7) is 6.21. The van der Waals surface area contributed by atoms with Crippen molar-refractivity contribution in [2.45, 2.75) is 39.4 Å². The molecule has 1 atom stereocenters. The van der Waals surface area contributed by atoms with Crippen LogP contribution in [0.3, 0.4) is 0 Å². The molecule has 0 saturated carbocycles. The van der Waals surface area contributed by atoms with Crippen LogP contribution < -0.4 is 14.8 Å². The lowest BCUT2D eigenvalue weighted by atomic mass is 10.1. The number of rotatable bonds is 8. The molecule has 0 heterocycles. The van der Waals surface area contributed by atoms with Gasteiger partial charge in [-0.15, -0.1) is 0 Å². The van der Waals surface area contributed by atoms with E-state index in [1.807, 2.05) is 44.2 Å². The van der Waals surface area contributed by atoms with E-state index >= 15 is 0 Å². The summed E-state index contributed by atoms with van der Waals surface area (Å²) in [7, 11) is 0. The Kier molecular flexibility index (Phi) is 7.04. The third-order valence-electron chi connectivity index (χ3n) is 3.67. The van der Waals surface area contributed by atoms with Gasteiger partial charge in [-0.3, -0.25) is 4.79 Å². The largest absolute Gasteiger partial charge is 0.491 e. The second-order valence-electron chi connectivity index (χ2n) is 6.25. The predicted octanol–water partition coefficient (Wildman–Crippen LogP) is 3.47. The van der Waals surface area contributed by atoms with Crippen LogP contribution in [0.4, 0.5) is 0 Å². The first kappa shape index (κ1) is 19.3. The van der Waals surface area contributed by atoms with E-state index in [1.54, 1.807) is 31.2 Å². The molecule has 2 rings (SSSR count). The van der Waals surface area contributed by atoms with E-state index in [4.69, 9.17) is 14.7 Å². The molecule has 0 spiro atoms. The van der Waals surface area contributed by atoms with Crippen molar-refractivity contribution in [1.29, 1.82) is 5.26 Å². The Morgan fingerprint density at radius 3 is 2.15 bits per heavy atom. The van der Waals surface area contributed by atoms with Gasteiger partial charge in [0.15, 0.2) is 6.10 Å². The van der Waals surface area contributed by atoms with Gasteiger partial charge >= 0.3 is 0 Å². The van der Waals surface area contributed by atoms with E-state index in [1.165, 1.54) is 0 Å². The van der Waals surface area contributed by atoms with Crippen LogP contribution >= 0.6 is 0 Å². The zero-order chi connectivity index (χ0) is 18.9. The van der Waals surface area contributed by atoms with Gasteiger partial charge in [0.25, 0.3) is 5.91 Å². The second kappa shape index (κ2) is 9.47. The highest BCUT2D eigenvalue weighted by Gasteiger charge is 2.14. The molecule has 0 aliphatic heterocycles. The Balaban J connectivity index is 1.76. The lowest BCUT2D eigenvalue weighted by Gasteiger charge is -2.15. The maximum absolute atomic E-state index is 12.1. The highest BCUT2D eigenvalue weighted by molar-refractivity contribution is 5.80. The van der Waals surface area contributed by atoms with Gasteiger partial charge in [-0.05, 0) is 69.2 Å². The Bertz CT molecular complexity index is 746.